The number of carboxylic acids is 1. The SMILES string of the molecule is CCc1ccccc1CC(=O)N1CCCC(N(CC(=O)O)C(C)=O)CC1. The smallest absolute Gasteiger partial charge is 0.323 e. The molecule has 0 bridgehead atoms. The lowest BCUT2D eigenvalue weighted by Crippen LogP contribution is -2.43. The molecule has 1 aliphatic heterocycles. The lowest BCUT2D eigenvalue weighted by Gasteiger charge is -2.29. The van der Waals surface area contributed by atoms with Gasteiger partial charge in [0.25, 0.3) is 0 Å². The number of carbonyl (C=O) groups excluding carboxylic acids is 2. The van der Waals surface area contributed by atoms with Gasteiger partial charge in [-0.25, -0.2) is 0 Å². The fourth-order valence-electron chi connectivity index (χ4n) is 3.63. The number of aliphatic carboxylic acids is 1. The average molecular weight is 360 g/mol. The van der Waals surface area contributed by atoms with Crippen LogP contribution in [0.25, 0.3) is 0 Å². The molecule has 1 aromatic carbocycles. The van der Waals surface area contributed by atoms with Gasteiger partial charge in [-0.1, -0.05) is 31.2 Å². The molecule has 1 aliphatic rings. The third-order valence-electron chi connectivity index (χ3n) is 5.04. The summed E-state index contributed by atoms with van der Waals surface area (Å²) >= 11 is 0. The zero-order valence-corrected chi connectivity index (χ0v) is 15.6. The van der Waals surface area contributed by atoms with Crippen LogP contribution in [0.15, 0.2) is 24.3 Å². The highest BCUT2D eigenvalue weighted by Gasteiger charge is 2.27. The highest BCUT2D eigenvalue weighted by Crippen LogP contribution is 2.19. The van der Waals surface area contributed by atoms with Crippen LogP contribution in [0.3, 0.4) is 0 Å². The van der Waals surface area contributed by atoms with Crippen molar-refractivity contribution in [1.29, 1.82) is 0 Å². The molecule has 0 spiro atoms. The highest BCUT2D eigenvalue weighted by atomic mass is 16.4. The number of hydrogen-bond acceptors (Lipinski definition) is 3. The predicted molar refractivity (Wildman–Crippen MR) is 98.8 cm³/mol. The fraction of sp³-hybridized carbons (Fsp3) is 0.550. The molecule has 26 heavy (non-hydrogen) atoms. The first kappa shape index (κ1) is 19.9. The Bertz CT molecular complexity index is 659. The van der Waals surface area contributed by atoms with Crippen LogP contribution in [0.4, 0.5) is 0 Å². The van der Waals surface area contributed by atoms with E-state index in [9.17, 15) is 14.4 Å². The summed E-state index contributed by atoms with van der Waals surface area (Å²) in [5.41, 5.74) is 2.26. The number of nitrogens with zero attached hydrogens (tertiary/aromatic N) is 2. The minimum Gasteiger partial charge on any atom is -0.480 e. The Morgan fingerprint density at radius 3 is 2.46 bits per heavy atom. The molecule has 1 saturated heterocycles. The van der Waals surface area contributed by atoms with E-state index < -0.39 is 5.97 Å². The van der Waals surface area contributed by atoms with Crippen LogP contribution in [0, 0.1) is 0 Å². The largest absolute Gasteiger partial charge is 0.480 e. The number of benzene rings is 1. The number of carbonyl (C=O) groups is 3. The van der Waals surface area contributed by atoms with Crippen molar-refractivity contribution in [3.63, 3.8) is 0 Å². The number of aryl methyl sites for hydroxylation is 1. The van der Waals surface area contributed by atoms with E-state index in [1.54, 1.807) is 0 Å². The van der Waals surface area contributed by atoms with Crippen LogP contribution in [0.1, 0.15) is 44.2 Å². The van der Waals surface area contributed by atoms with Gasteiger partial charge in [-0.15, -0.1) is 0 Å². The summed E-state index contributed by atoms with van der Waals surface area (Å²) in [4.78, 5) is 38.8. The van der Waals surface area contributed by atoms with E-state index in [0.29, 0.717) is 25.9 Å². The summed E-state index contributed by atoms with van der Waals surface area (Å²) in [6.45, 7) is 4.42. The Morgan fingerprint density at radius 2 is 1.85 bits per heavy atom. The lowest BCUT2D eigenvalue weighted by atomic mass is 10.0. The molecule has 6 heteroatoms. The van der Waals surface area contributed by atoms with Crippen molar-refractivity contribution in [1.82, 2.24) is 9.80 Å². The molecule has 1 fully saturated rings. The van der Waals surface area contributed by atoms with Gasteiger partial charge in [0.2, 0.25) is 11.8 Å². The second-order valence-corrected chi connectivity index (χ2v) is 6.81. The molecule has 1 N–H and O–H groups in total. The first-order valence-corrected chi connectivity index (χ1v) is 9.26. The molecule has 1 unspecified atom stereocenters. The van der Waals surface area contributed by atoms with Crippen LogP contribution in [0.2, 0.25) is 0 Å². The van der Waals surface area contributed by atoms with Gasteiger partial charge >= 0.3 is 5.97 Å². The summed E-state index contributed by atoms with van der Waals surface area (Å²) in [5, 5.41) is 9.03. The maximum absolute atomic E-state index is 12.7. The van der Waals surface area contributed by atoms with Gasteiger partial charge in [0, 0.05) is 26.1 Å². The molecule has 1 aromatic rings. The molecule has 0 radical (unpaired) electrons. The van der Waals surface area contributed by atoms with Crippen LogP contribution < -0.4 is 0 Å². The summed E-state index contributed by atoms with van der Waals surface area (Å²) in [7, 11) is 0. The van der Waals surface area contributed by atoms with Crippen LogP contribution in [-0.4, -0.2) is 58.4 Å². The van der Waals surface area contributed by atoms with Gasteiger partial charge in [-0.3, -0.25) is 14.4 Å². The normalized spacial score (nSPS) is 17.5. The van der Waals surface area contributed by atoms with Crippen LogP contribution >= 0.6 is 0 Å². The van der Waals surface area contributed by atoms with Gasteiger partial charge in [0.1, 0.15) is 6.54 Å². The van der Waals surface area contributed by atoms with Gasteiger partial charge < -0.3 is 14.9 Å². The standard InChI is InChI=1S/C20H28N2O4/c1-3-16-7-4-5-8-17(16)13-19(24)21-11-6-9-18(10-12-21)22(15(2)23)14-20(25)26/h4-5,7-8,18H,3,6,9-14H2,1-2H3,(H,25,26). The van der Waals surface area contributed by atoms with E-state index in [-0.39, 0.29) is 24.4 Å². The van der Waals surface area contributed by atoms with Crippen molar-refractivity contribution < 1.29 is 19.5 Å². The number of amides is 2. The number of carboxylic acid groups (broad SMARTS) is 1. The maximum atomic E-state index is 12.7. The minimum atomic E-state index is -1.01. The first-order valence-electron chi connectivity index (χ1n) is 9.26. The summed E-state index contributed by atoms with van der Waals surface area (Å²) in [6.07, 6.45) is 3.40. The zero-order valence-electron chi connectivity index (χ0n) is 15.6. The molecule has 142 valence electrons. The van der Waals surface area contributed by atoms with Crippen molar-refractivity contribution in [2.75, 3.05) is 19.6 Å². The van der Waals surface area contributed by atoms with E-state index in [1.807, 2.05) is 23.1 Å². The Kier molecular flexibility index (Phi) is 7.18. The molecule has 2 rings (SSSR count). The van der Waals surface area contributed by atoms with E-state index in [0.717, 1.165) is 24.8 Å². The molecule has 6 nitrogen and oxygen atoms in total. The van der Waals surface area contributed by atoms with E-state index in [1.165, 1.54) is 17.4 Å². The Hall–Kier alpha value is -2.37. The Labute approximate surface area is 154 Å². The van der Waals surface area contributed by atoms with Gasteiger partial charge in [0.15, 0.2) is 0 Å². The third-order valence-corrected chi connectivity index (χ3v) is 5.04. The summed E-state index contributed by atoms with van der Waals surface area (Å²) < 4.78 is 0. The predicted octanol–water partition coefficient (Wildman–Crippen LogP) is 2.11. The van der Waals surface area contributed by atoms with Crippen molar-refractivity contribution in [2.45, 2.75) is 52.0 Å². The molecule has 2 amide bonds. The van der Waals surface area contributed by atoms with Crippen LogP contribution in [-0.2, 0) is 27.2 Å². The zero-order chi connectivity index (χ0) is 19.1. The number of rotatable bonds is 6. The van der Waals surface area contributed by atoms with Crippen molar-refractivity contribution in [2.24, 2.45) is 0 Å². The molecule has 0 saturated carbocycles. The molecular weight excluding hydrogens is 332 g/mol. The molecular formula is C20H28N2O4. The summed E-state index contributed by atoms with van der Waals surface area (Å²) in [6, 6.07) is 7.88. The minimum absolute atomic E-state index is 0.0964. The number of hydrogen-bond donors (Lipinski definition) is 1. The number of likely N-dealkylation sites (tertiary alicyclic amines) is 1. The molecule has 0 aromatic heterocycles. The van der Waals surface area contributed by atoms with E-state index in [2.05, 4.69) is 13.0 Å². The van der Waals surface area contributed by atoms with E-state index in [4.69, 9.17) is 5.11 Å². The van der Waals surface area contributed by atoms with E-state index >= 15 is 0 Å². The fourth-order valence-corrected chi connectivity index (χ4v) is 3.63. The second-order valence-electron chi connectivity index (χ2n) is 6.81. The third kappa shape index (κ3) is 5.31. The monoisotopic (exact) mass is 360 g/mol. The molecule has 1 heterocycles. The summed E-state index contributed by atoms with van der Waals surface area (Å²) in [5.74, 6) is -1.14. The van der Waals surface area contributed by atoms with Gasteiger partial charge in [0.05, 0.1) is 6.42 Å². The molecule has 1 atom stereocenters. The van der Waals surface area contributed by atoms with Crippen molar-refractivity contribution >= 4 is 17.8 Å². The topological polar surface area (TPSA) is 77.9 Å². The van der Waals surface area contributed by atoms with Crippen molar-refractivity contribution in [3.8, 4) is 0 Å². The average Bonchev–Trinajstić information content (AvgIpc) is 2.85. The Balaban J connectivity index is 1.99. The highest BCUT2D eigenvalue weighted by molar-refractivity contribution is 5.80. The van der Waals surface area contributed by atoms with Crippen LogP contribution in [0.5, 0.6) is 0 Å². The molecule has 0 aliphatic carbocycles. The Morgan fingerprint density at radius 1 is 1.15 bits per heavy atom. The maximum Gasteiger partial charge on any atom is 0.323 e. The van der Waals surface area contributed by atoms with Gasteiger partial charge in [-0.2, -0.15) is 0 Å². The lowest BCUT2D eigenvalue weighted by molar-refractivity contribution is -0.145. The quantitative estimate of drug-likeness (QED) is 0.843. The van der Waals surface area contributed by atoms with Crippen molar-refractivity contribution in [3.05, 3.63) is 35.4 Å². The van der Waals surface area contributed by atoms with Gasteiger partial charge in [-0.05, 0) is 36.8 Å². The second kappa shape index (κ2) is 9.36. The first-order chi connectivity index (χ1) is 12.4.